The van der Waals surface area contributed by atoms with Gasteiger partial charge in [0, 0.05) is 39.5 Å². The van der Waals surface area contributed by atoms with Crippen molar-refractivity contribution in [2.24, 2.45) is 11.3 Å². The fraction of sp³-hybridized carbons (Fsp3) is 0.692. The summed E-state index contributed by atoms with van der Waals surface area (Å²) in [6, 6.07) is 0. The first kappa shape index (κ1) is 27.3. The third kappa shape index (κ3) is 3.98. The summed E-state index contributed by atoms with van der Waals surface area (Å²) in [4.78, 5) is 49.3. The maximum absolute atomic E-state index is 12.8. The van der Waals surface area contributed by atoms with E-state index in [9.17, 15) is 29.4 Å². The van der Waals surface area contributed by atoms with Gasteiger partial charge in [0.1, 0.15) is 18.3 Å². The zero-order valence-electron chi connectivity index (χ0n) is 21.8. The summed E-state index contributed by atoms with van der Waals surface area (Å²) in [5.74, 6) is -3.66. The summed E-state index contributed by atoms with van der Waals surface area (Å²) in [6.45, 7) is 12.5. The first-order valence-corrected chi connectivity index (χ1v) is 12.3. The van der Waals surface area contributed by atoms with E-state index in [2.05, 4.69) is 6.58 Å². The van der Waals surface area contributed by atoms with Crippen LogP contribution in [0.3, 0.4) is 0 Å². The van der Waals surface area contributed by atoms with Gasteiger partial charge in [-0.05, 0) is 31.1 Å². The van der Waals surface area contributed by atoms with E-state index >= 15 is 0 Å². The fourth-order valence-electron chi connectivity index (χ4n) is 6.51. The smallest absolute Gasteiger partial charge is 0.342 e. The zero-order valence-corrected chi connectivity index (χ0v) is 21.8. The summed E-state index contributed by atoms with van der Waals surface area (Å²) >= 11 is 0. The number of ether oxygens (including phenoxy) is 5. The number of hydrogen-bond donors (Lipinski definition) is 2. The molecule has 11 heteroatoms. The topological polar surface area (TPSA) is 158 Å². The minimum Gasteiger partial charge on any atom is -0.462 e. The lowest BCUT2D eigenvalue weighted by atomic mass is 9.55. The molecule has 37 heavy (non-hydrogen) atoms. The van der Waals surface area contributed by atoms with Crippen molar-refractivity contribution in [2.45, 2.75) is 102 Å². The van der Waals surface area contributed by atoms with Gasteiger partial charge in [0.05, 0.1) is 17.6 Å². The number of carbonyl (C=O) groups excluding carboxylic acids is 4. The minimum atomic E-state index is -1.57. The van der Waals surface area contributed by atoms with Crippen molar-refractivity contribution in [3.05, 3.63) is 23.8 Å². The van der Waals surface area contributed by atoms with Gasteiger partial charge >= 0.3 is 23.9 Å². The van der Waals surface area contributed by atoms with Gasteiger partial charge in [-0.1, -0.05) is 13.5 Å². The van der Waals surface area contributed by atoms with Crippen molar-refractivity contribution in [3.8, 4) is 0 Å². The molecule has 0 amide bonds. The van der Waals surface area contributed by atoms with Crippen LogP contribution >= 0.6 is 0 Å². The summed E-state index contributed by atoms with van der Waals surface area (Å²) in [5, 5.41) is 22.9. The summed E-state index contributed by atoms with van der Waals surface area (Å²) in [7, 11) is 0. The molecule has 1 spiro atoms. The first-order valence-electron chi connectivity index (χ1n) is 12.3. The van der Waals surface area contributed by atoms with Gasteiger partial charge in [-0.2, -0.15) is 0 Å². The Bertz CT molecular complexity index is 1080. The maximum atomic E-state index is 12.8. The molecule has 11 nitrogen and oxygen atoms in total. The lowest BCUT2D eigenvalue weighted by molar-refractivity contribution is -0.203. The van der Waals surface area contributed by atoms with Crippen LogP contribution in [0.2, 0.25) is 0 Å². The lowest BCUT2D eigenvalue weighted by Gasteiger charge is -2.54. The van der Waals surface area contributed by atoms with Crippen molar-refractivity contribution >= 4 is 23.9 Å². The molecule has 10 atom stereocenters. The van der Waals surface area contributed by atoms with Gasteiger partial charge in [0.25, 0.3) is 0 Å². The predicted octanol–water partition coefficient (Wildman–Crippen LogP) is 0.889. The molecule has 0 bridgehead atoms. The molecule has 0 aromatic carbocycles. The van der Waals surface area contributed by atoms with E-state index < -0.39 is 83.0 Å². The van der Waals surface area contributed by atoms with Gasteiger partial charge < -0.3 is 33.9 Å². The van der Waals surface area contributed by atoms with E-state index in [1.165, 1.54) is 27.7 Å². The number of hydrogen-bond acceptors (Lipinski definition) is 11. The lowest BCUT2D eigenvalue weighted by Crippen LogP contribution is -2.64. The van der Waals surface area contributed by atoms with E-state index in [4.69, 9.17) is 23.7 Å². The monoisotopic (exact) mass is 522 g/mol. The van der Waals surface area contributed by atoms with Crippen LogP contribution in [0, 0.1) is 11.3 Å². The standard InChI is InChI=1S/C26H34O11/c1-11-8-20-26(25(7,37-26)23(32)36-20)22(31)21-12(2)16(30)9-18(34-14(4)28)24(21,6)19(35-15(5)29)10-17(11)33-13(3)27/h8,16-22,30-31H,2,9-10H2,1,3-7H3/b11-8-/t16-,17-,18+,19+,20+,21-,22+,24-,25+,26+/m1/s1. The molecule has 2 aliphatic carbocycles. The van der Waals surface area contributed by atoms with Crippen LogP contribution in [0.1, 0.15) is 54.4 Å². The van der Waals surface area contributed by atoms with Gasteiger partial charge in [-0.25, -0.2) is 4.79 Å². The average molecular weight is 523 g/mol. The second kappa shape index (κ2) is 8.92. The molecule has 4 aliphatic rings. The van der Waals surface area contributed by atoms with E-state index in [-0.39, 0.29) is 18.4 Å². The number of epoxide rings is 1. The third-order valence-electron chi connectivity index (χ3n) is 8.48. The van der Waals surface area contributed by atoms with Crippen LogP contribution in [0.25, 0.3) is 0 Å². The van der Waals surface area contributed by atoms with Crippen molar-refractivity contribution in [3.63, 3.8) is 0 Å². The molecule has 4 rings (SSSR count). The van der Waals surface area contributed by atoms with E-state index in [1.807, 2.05) is 0 Å². The molecule has 204 valence electrons. The zero-order chi connectivity index (χ0) is 27.7. The second-order valence-corrected chi connectivity index (χ2v) is 10.8. The molecule has 2 heterocycles. The van der Waals surface area contributed by atoms with Crippen LogP contribution in [0.15, 0.2) is 23.8 Å². The van der Waals surface area contributed by atoms with Crippen molar-refractivity contribution in [1.29, 1.82) is 0 Å². The van der Waals surface area contributed by atoms with Crippen molar-refractivity contribution in [1.82, 2.24) is 0 Å². The number of aliphatic hydroxyl groups is 2. The first-order chi connectivity index (χ1) is 17.1. The summed E-state index contributed by atoms with van der Waals surface area (Å²) in [5.41, 5.74) is -3.78. The third-order valence-corrected chi connectivity index (χ3v) is 8.48. The molecule has 0 unspecified atom stereocenters. The Hall–Kier alpha value is -2.76. The molecular weight excluding hydrogens is 488 g/mol. The van der Waals surface area contributed by atoms with Crippen LogP contribution in [0.4, 0.5) is 0 Å². The van der Waals surface area contributed by atoms with Crippen LogP contribution < -0.4 is 0 Å². The number of aliphatic hydroxyl groups excluding tert-OH is 2. The van der Waals surface area contributed by atoms with Crippen LogP contribution in [-0.4, -0.2) is 81.9 Å². The number of carbonyl (C=O) groups is 4. The van der Waals surface area contributed by atoms with Crippen LogP contribution in [0.5, 0.6) is 0 Å². The Morgan fingerprint density at radius 2 is 1.54 bits per heavy atom. The molecule has 2 N–H and O–H groups in total. The Morgan fingerprint density at radius 3 is 2.05 bits per heavy atom. The van der Waals surface area contributed by atoms with Crippen molar-refractivity contribution < 1.29 is 53.1 Å². The normalized spacial score (nSPS) is 46.2. The predicted molar refractivity (Wildman–Crippen MR) is 125 cm³/mol. The molecule has 2 aliphatic heterocycles. The highest BCUT2D eigenvalue weighted by Gasteiger charge is 2.86. The highest BCUT2D eigenvalue weighted by molar-refractivity contribution is 5.89. The SMILES string of the molecule is C=C1[C@H](O)C[C@H](OC(C)=O)[C@]2(C)[C@@H](OC(C)=O)C[C@@H](OC(C)=O)/C(C)=C\[C@@H]3OC(=O)[C@]4(C)O[C@]34[C@@H](O)[C@@H]12. The quantitative estimate of drug-likeness (QED) is 0.235. The number of fused-ring (bicyclic) bond motifs is 1. The largest absolute Gasteiger partial charge is 0.462 e. The molecule has 1 saturated carbocycles. The second-order valence-electron chi connectivity index (χ2n) is 10.8. The van der Waals surface area contributed by atoms with E-state index in [0.717, 1.165) is 0 Å². The van der Waals surface area contributed by atoms with Gasteiger partial charge in [0.15, 0.2) is 17.3 Å². The van der Waals surface area contributed by atoms with E-state index in [1.54, 1.807) is 19.9 Å². The molecule has 0 radical (unpaired) electrons. The molecule has 3 fully saturated rings. The number of esters is 4. The van der Waals surface area contributed by atoms with Crippen LogP contribution in [-0.2, 0) is 42.9 Å². The van der Waals surface area contributed by atoms with Gasteiger partial charge in [0.2, 0.25) is 0 Å². The molecular formula is C26H34O11. The Morgan fingerprint density at radius 1 is 1.00 bits per heavy atom. The Balaban J connectivity index is 1.98. The van der Waals surface area contributed by atoms with Gasteiger partial charge in [-0.15, -0.1) is 0 Å². The maximum Gasteiger partial charge on any atom is 0.342 e. The summed E-state index contributed by atoms with van der Waals surface area (Å²) in [6.07, 6.45) is -5.35. The number of rotatable bonds is 3. The van der Waals surface area contributed by atoms with Crippen molar-refractivity contribution in [2.75, 3.05) is 0 Å². The minimum absolute atomic E-state index is 0.0614. The van der Waals surface area contributed by atoms with Gasteiger partial charge in [-0.3, -0.25) is 14.4 Å². The summed E-state index contributed by atoms with van der Waals surface area (Å²) < 4.78 is 28.6. The Labute approximate surface area is 214 Å². The molecule has 0 aromatic heterocycles. The Kier molecular flexibility index (Phi) is 6.58. The average Bonchev–Trinajstić information content (AvgIpc) is 3.36. The fourth-order valence-corrected chi connectivity index (χ4v) is 6.51. The molecule has 0 aromatic rings. The highest BCUT2D eigenvalue weighted by atomic mass is 16.7. The highest BCUT2D eigenvalue weighted by Crippen LogP contribution is 2.64. The van der Waals surface area contributed by atoms with E-state index in [0.29, 0.717) is 5.57 Å². The molecule has 2 saturated heterocycles.